The largest absolute Gasteiger partial charge is 0.236 e. The summed E-state index contributed by atoms with van der Waals surface area (Å²) in [6.07, 6.45) is 6.70. The van der Waals surface area contributed by atoms with Crippen molar-refractivity contribution in [2.24, 2.45) is 0 Å². The standard InChI is InChI=1S/C22H24N2/c1-3-4-6-11-20-16-23-22(19-9-7-5-8-10-19)24-21(20)18-14-12-17(2)13-15-18/h5,7-10,12-16H,3-4,6,11H2,1-2H3. The Labute approximate surface area is 144 Å². The highest BCUT2D eigenvalue weighted by atomic mass is 14.9. The molecule has 0 bridgehead atoms. The summed E-state index contributed by atoms with van der Waals surface area (Å²) in [6.45, 7) is 4.34. The molecular formula is C22H24N2. The van der Waals surface area contributed by atoms with Crippen LogP contribution in [-0.4, -0.2) is 9.97 Å². The summed E-state index contributed by atoms with van der Waals surface area (Å²) in [4.78, 5) is 9.53. The number of benzene rings is 2. The third-order valence-corrected chi connectivity index (χ3v) is 4.27. The summed E-state index contributed by atoms with van der Waals surface area (Å²) in [6, 6.07) is 18.8. The van der Waals surface area contributed by atoms with Gasteiger partial charge in [-0.15, -0.1) is 0 Å². The second-order valence-electron chi connectivity index (χ2n) is 6.26. The van der Waals surface area contributed by atoms with E-state index in [4.69, 9.17) is 4.98 Å². The zero-order valence-corrected chi connectivity index (χ0v) is 14.5. The van der Waals surface area contributed by atoms with Crippen LogP contribution in [0.3, 0.4) is 0 Å². The Bertz CT molecular complexity index is 777. The molecule has 0 aliphatic rings. The lowest BCUT2D eigenvalue weighted by atomic mass is 10.0. The molecule has 0 aliphatic carbocycles. The van der Waals surface area contributed by atoms with E-state index in [0.29, 0.717) is 0 Å². The van der Waals surface area contributed by atoms with Crippen LogP contribution in [0.15, 0.2) is 60.8 Å². The fourth-order valence-corrected chi connectivity index (χ4v) is 2.84. The van der Waals surface area contributed by atoms with Crippen LogP contribution in [0.1, 0.15) is 37.3 Å². The van der Waals surface area contributed by atoms with Crippen LogP contribution in [0.5, 0.6) is 0 Å². The minimum Gasteiger partial charge on any atom is -0.236 e. The predicted molar refractivity (Wildman–Crippen MR) is 101 cm³/mol. The molecule has 0 spiro atoms. The molecule has 0 N–H and O–H groups in total. The number of aromatic nitrogens is 2. The number of unbranched alkanes of at least 4 members (excludes halogenated alkanes) is 2. The summed E-state index contributed by atoms with van der Waals surface area (Å²) in [5, 5.41) is 0. The van der Waals surface area contributed by atoms with Gasteiger partial charge in [0.05, 0.1) is 5.69 Å². The molecule has 122 valence electrons. The maximum Gasteiger partial charge on any atom is 0.159 e. The Balaban J connectivity index is 2.01. The summed E-state index contributed by atoms with van der Waals surface area (Å²) in [5.41, 5.74) is 5.81. The van der Waals surface area contributed by atoms with Gasteiger partial charge < -0.3 is 0 Å². The van der Waals surface area contributed by atoms with E-state index in [2.05, 4.69) is 55.2 Å². The molecule has 0 atom stereocenters. The SMILES string of the molecule is CCCCCc1cnc(-c2ccccc2)nc1-c1ccc(C)cc1. The zero-order chi connectivity index (χ0) is 16.8. The Morgan fingerprint density at radius 2 is 1.58 bits per heavy atom. The van der Waals surface area contributed by atoms with Gasteiger partial charge in [-0.25, -0.2) is 9.97 Å². The molecule has 0 saturated carbocycles. The van der Waals surface area contributed by atoms with Crippen molar-refractivity contribution in [3.8, 4) is 22.6 Å². The summed E-state index contributed by atoms with van der Waals surface area (Å²) < 4.78 is 0. The molecule has 0 fully saturated rings. The van der Waals surface area contributed by atoms with Gasteiger partial charge in [0, 0.05) is 17.3 Å². The number of hydrogen-bond donors (Lipinski definition) is 0. The molecule has 1 heterocycles. The van der Waals surface area contributed by atoms with Crippen molar-refractivity contribution in [2.45, 2.75) is 39.5 Å². The highest BCUT2D eigenvalue weighted by Crippen LogP contribution is 2.26. The average Bonchev–Trinajstić information content (AvgIpc) is 2.64. The van der Waals surface area contributed by atoms with E-state index in [0.717, 1.165) is 23.5 Å². The van der Waals surface area contributed by atoms with Crippen LogP contribution in [0, 0.1) is 6.92 Å². The minimum absolute atomic E-state index is 0.797. The molecule has 0 aliphatic heterocycles. The topological polar surface area (TPSA) is 25.8 Å². The van der Waals surface area contributed by atoms with Crippen LogP contribution in [0.2, 0.25) is 0 Å². The van der Waals surface area contributed by atoms with E-state index in [1.54, 1.807) is 0 Å². The third kappa shape index (κ3) is 3.88. The normalized spacial score (nSPS) is 10.8. The molecule has 2 nitrogen and oxygen atoms in total. The fraction of sp³-hybridized carbons (Fsp3) is 0.273. The average molecular weight is 316 g/mol. The summed E-state index contributed by atoms with van der Waals surface area (Å²) >= 11 is 0. The number of nitrogens with zero attached hydrogens (tertiary/aromatic N) is 2. The van der Waals surface area contributed by atoms with E-state index < -0.39 is 0 Å². The highest BCUT2D eigenvalue weighted by Gasteiger charge is 2.10. The fourth-order valence-electron chi connectivity index (χ4n) is 2.84. The second kappa shape index (κ2) is 7.87. The number of aryl methyl sites for hydroxylation is 2. The maximum atomic E-state index is 4.91. The van der Waals surface area contributed by atoms with E-state index in [-0.39, 0.29) is 0 Å². The van der Waals surface area contributed by atoms with Gasteiger partial charge in [0.15, 0.2) is 5.82 Å². The van der Waals surface area contributed by atoms with Gasteiger partial charge >= 0.3 is 0 Å². The molecule has 3 rings (SSSR count). The Morgan fingerprint density at radius 3 is 2.29 bits per heavy atom. The molecule has 2 heteroatoms. The van der Waals surface area contributed by atoms with Gasteiger partial charge in [-0.2, -0.15) is 0 Å². The number of hydrogen-bond acceptors (Lipinski definition) is 2. The van der Waals surface area contributed by atoms with Crippen LogP contribution in [0.4, 0.5) is 0 Å². The Kier molecular flexibility index (Phi) is 5.37. The lowest BCUT2D eigenvalue weighted by Crippen LogP contribution is -1.99. The van der Waals surface area contributed by atoms with Crippen LogP contribution >= 0.6 is 0 Å². The van der Waals surface area contributed by atoms with E-state index >= 15 is 0 Å². The molecule has 3 aromatic rings. The smallest absolute Gasteiger partial charge is 0.159 e. The van der Waals surface area contributed by atoms with E-state index in [1.807, 2.05) is 24.4 Å². The molecule has 0 amide bonds. The molecule has 0 unspecified atom stereocenters. The van der Waals surface area contributed by atoms with E-state index in [9.17, 15) is 0 Å². The Morgan fingerprint density at radius 1 is 0.833 bits per heavy atom. The molecule has 2 aromatic carbocycles. The third-order valence-electron chi connectivity index (χ3n) is 4.27. The maximum absolute atomic E-state index is 4.91. The monoisotopic (exact) mass is 316 g/mol. The van der Waals surface area contributed by atoms with Crippen molar-refractivity contribution >= 4 is 0 Å². The highest BCUT2D eigenvalue weighted by molar-refractivity contribution is 5.66. The van der Waals surface area contributed by atoms with Crippen molar-refractivity contribution < 1.29 is 0 Å². The first-order valence-corrected chi connectivity index (χ1v) is 8.76. The van der Waals surface area contributed by atoms with Crippen molar-refractivity contribution in [3.05, 3.63) is 71.9 Å². The quantitative estimate of drug-likeness (QED) is 0.533. The van der Waals surface area contributed by atoms with E-state index in [1.165, 1.54) is 36.0 Å². The Hall–Kier alpha value is -2.48. The lowest BCUT2D eigenvalue weighted by molar-refractivity contribution is 0.715. The van der Waals surface area contributed by atoms with Crippen molar-refractivity contribution in [3.63, 3.8) is 0 Å². The van der Waals surface area contributed by atoms with Crippen molar-refractivity contribution in [1.29, 1.82) is 0 Å². The van der Waals surface area contributed by atoms with Gasteiger partial charge in [-0.3, -0.25) is 0 Å². The predicted octanol–water partition coefficient (Wildman–Crippen LogP) is 5.85. The lowest BCUT2D eigenvalue weighted by Gasteiger charge is -2.11. The molecule has 1 aromatic heterocycles. The summed E-state index contributed by atoms with van der Waals surface area (Å²) in [7, 11) is 0. The number of rotatable bonds is 6. The van der Waals surface area contributed by atoms with Gasteiger partial charge in [0.2, 0.25) is 0 Å². The zero-order valence-electron chi connectivity index (χ0n) is 14.5. The second-order valence-corrected chi connectivity index (χ2v) is 6.26. The van der Waals surface area contributed by atoms with Crippen LogP contribution in [0.25, 0.3) is 22.6 Å². The first kappa shape index (κ1) is 16.4. The summed E-state index contributed by atoms with van der Waals surface area (Å²) in [5.74, 6) is 0.797. The first-order valence-electron chi connectivity index (χ1n) is 8.76. The van der Waals surface area contributed by atoms with Crippen LogP contribution < -0.4 is 0 Å². The molecule has 0 saturated heterocycles. The van der Waals surface area contributed by atoms with Crippen LogP contribution in [-0.2, 0) is 6.42 Å². The molecular weight excluding hydrogens is 292 g/mol. The molecule has 0 radical (unpaired) electrons. The van der Waals surface area contributed by atoms with Gasteiger partial charge in [-0.05, 0) is 25.3 Å². The van der Waals surface area contributed by atoms with Crippen molar-refractivity contribution in [1.82, 2.24) is 9.97 Å². The van der Waals surface area contributed by atoms with Gasteiger partial charge in [-0.1, -0.05) is 79.9 Å². The van der Waals surface area contributed by atoms with Crippen molar-refractivity contribution in [2.75, 3.05) is 0 Å². The first-order chi connectivity index (χ1) is 11.8. The minimum atomic E-state index is 0.797. The molecule has 24 heavy (non-hydrogen) atoms. The van der Waals surface area contributed by atoms with Gasteiger partial charge in [0.1, 0.15) is 0 Å². The van der Waals surface area contributed by atoms with Gasteiger partial charge in [0.25, 0.3) is 0 Å².